The Balaban J connectivity index is 0.935. The molecular weight excluding hydrogens is 647 g/mol. The van der Waals surface area contributed by atoms with E-state index in [1.165, 1.54) is 128 Å². The van der Waals surface area contributed by atoms with E-state index in [1.54, 1.807) is 22.4 Å². The topological polar surface area (TPSA) is 3.24 Å². The summed E-state index contributed by atoms with van der Waals surface area (Å²) in [5.41, 5.74) is 10.3. The molecule has 0 spiro atoms. The van der Waals surface area contributed by atoms with Crippen LogP contribution in [0.4, 0.5) is 0 Å². The van der Waals surface area contributed by atoms with E-state index in [0.29, 0.717) is 35.8 Å². The Bertz CT molecular complexity index is 1700. The van der Waals surface area contributed by atoms with Gasteiger partial charge in [0.15, 0.2) is 0 Å². The van der Waals surface area contributed by atoms with Crippen LogP contribution in [0.5, 0.6) is 0 Å². The van der Waals surface area contributed by atoms with Crippen molar-refractivity contribution in [2.75, 3.05) is 0 Å². The maximum absolute atomic E-state index is 3.01. The average molecular weight is 710 g/mol. The van der Waals surface area contributed by atoms with Gasteiger partial charge < -0.3 is 4.90 Å². The number of hydrogen-bond donors (Lipinski definition) is 0. The van der Waals surface area contributed by atoms with Gasteiger partial charge >= 0.3 is 0 Å². The van der Waals surface area contributed by atoms with Crippen LogP contribution in [0.1, 0.15) is 128 Å². The first-order valence-corrected chi connectivity index (χ1v) is 23.0. The highest BCUT2D eigenvalue weighted by molar-refractivity contribution is 8.04. The van der Waals surface area contributed by atoms with Crippen molar-refractivity contribution in [2.45, 2.75) is 146 Å². The Kier molecular flexibility index (Phi) is 9.83. The molecule has 0 bridgehead atoms. The van der Waals surface area contributed by atoms with Gasteiger partial charge in [-0.05, 0) is 197 Å². The highest BCUT2D eigenvalue weighted by atomic mass is 32.2. The molecule has 0 saturated carbocycles. The molecule has 274 valence electrons. The second-order valence-electron chi connectivity index (χ2n) is 18.3. The molecule has 9 aliphatic carbocycles. The molecule has 1 heterocycles. The lowest BCUT2D eigenvalue weighted by atomic mass is 9.70. The third-order valence-corrected chi connectivity index (χ3v) is 17.0. The van der Waals surface area contributed by atoms with Gasteiger partial charge in [0, 0.05) is 28.9 Å². The van der Waals surface area contributed by atoms with Crippen molar-refractivity contribution in [1.82, 2.24) is 4.90 Å². The molecule has 0 radical (unpaired) electrons. The summed E-state index contributed by atoms with van der Waals surface area (Å²) < 4.78 is 0. The first-order chi connectivity index (χ1) is 25.8. The predicted molar refractivity (Wildman–Crippen MR) is 222 cm³/mol. The minimum atomic E-state index is 0.515. The number of fused-ring (bicyclic) bond motifs is 3. The van der Waals surface area contributed by atoms with Crippen LogP contribution < -0.4 is 0 Å². The Hall–Kier alpha value is -2.45. The van der Waals surface area contributed by atoms with Gasteiger partial charge in [-0.2, -0.15) is 0 Å². The second-order valence-corrected chi connectivity index (χ2v) is 19.5. The molecule has 10 aliphatic rings. The van der Waals surface area contributed by atoms with Gasteiger partial charge in [0.2, 0.25) is 0 Å². The van der Waals surface area contributed by atoms with Gasteiger partial charge in [-0.15, -0.1) is 11.8 Å². The molecule has 0 amide bonds. The number of hydrogen-bond acceptors (Lipinski definition) is 2. The fraction of sp³-hybridized carbons (Fsp3) is 0.600. The molecule has 1 aliphatic heterocycles. The lowest BCUT2D eigenvalue weighted by molar-refractivity contribution is 0.137. The van der Waals surface area contributed by atoms with Crippen molar-refractivity contribution in [2.24, 2.45) is 41.4 Å². The minimum Gasteiger partial charge on any atom is -0.362 e. The zero-order chi connectivity index (χ0) is 34.4. The van der Waals surface area contributed by atoms with E-state index in [0.717, 1.165) is 23.0 Å². The zero-order valence-corrected chi connectivity index (χ0v) is 32.6. The molecule has 10 atom stereocenters. The van der Waals surface area contributed by atoms with Crippen molar-refractivity contribution in [1.29, 1.82) is 0 Å². The Morgan fingerprint density at radius 1 is 0.577 bits per heavy atom. The van der Waals surface area contributed by atoms with Gasteiger partial charge in [0.05, 0.1) is 0 Å². The molecule has 0 aromatic carbocycles. The maximum Gasteiger partial charge on any atom is 0.0476 e. The summed E-state index contributed by atoms with van der Waals surface area (Å²) in [5.74, 6) is 5.05. The summed E-state index contributed by atoms with van der Waals surface area (Å²) in [5, 5.41) is 0.737. The van der Waals surface area contributed by atoms with Crippen molar-refractivity contribution in [3.63, 3.8) is 0 Å². The number of rotatable bonds is 6. The minimum absolute atomic E-state index is 0.515. The third kappa shape index (κ3) is 6.43. The van der Waals surface area contributed by atoms with Crippen LogP contribution >= 0.6 is 11.8 Å². The molecule has 0 aromatic heterocycles. The monoisotopic (exact) mass is 709 g/mol. The zero-order valence-electron chi connectivity index (χ0n) is 31.8. The summed E-state index contributed by atoms with van der Waals surface area (Å²) >= 11 is 2.31. The molecule has 0 saturated heterocycles. The quantitative estimate of drug-likeness (QED) is 0.253. The Labute approximate surface area is 320 Å². The van der Waals surface area contributed by atoms with E-state index in [4.69, 9.17) is 0 Å². The molecule has 2 heteroatoms. The Morgan fingerprint density at radius 3 is 2.42 bits per heavy atom. The van der Waals surface area contributed by atoms with Crippen molar-refractivity contribution in [3.05, 3.63) is 117 Å². The van der Waals surface area contributed by atoms with Crippen LogP contribution in [0.25, 0.3) is 0 Å². The van der Waals surface area contributed by atoms with E-state index < -0.39 is 0 Å². The van der Waals surface area contributed by atoms with Gasteiger partial charge in [0.25, 0.3) is 0 Å². The third-order valence-electron chi connectivity index (χ3n) is 15.4. The maximum atomic E-state index is 3.01. The highest BCUT2D eigenvalue weighted by Gasteiger charge is 2.42. The highest BCUT2D eigenvalue weighted by Crippen LogP contribution is 2.57. The first-order valence-electron chi connectivity index (χ1n) is 22.2. The molecular formula is C50H63NS. The van der Waals surface area contributed by atoms with Crippen LogP contribution in [0.3, 0.4) is 0 Å². The normalized spacial score (nSPS) is 39.7. The molecule has 10 rings (SSSR count). The average Bonchev–Trinajstić information content (AvgIpc) is 3.60. The first kappa shape index (κ1) is 34.1. The van der Waals surface area contributed by atoms with Gasteiger partial charge in [0.1, 0.15) is 0 Å². The summed E-state index contributed by atoms with van der Waals surface area (Å²) in [6.45, 7) is 0. The van der Waals surface area contributed by atoms with Crippen LogP contribution in [0.15, 0.2) is 117 Å². The summed E-state index contributed by atoms with van der Waals surface area (Å²) in [7, 11) is 0. The van der Waals surface area contributed by atoms with E-state index in [2.05, 4.69) is 95.7 Å². The van der Waals surface area contributed by atoms with Crippen LogP contribution in [0, 0.1) is 41.4 Å². The summed E-state index contributed by atoms with van der Waals surface area (Å²) in [4.78, 5) is 4.84. The van der Waals surface area contributed by atoms with Gasteiger partial charge in [-0.1, -0.05) is 78.5 Å². The van der Waals surface area contributed by atoms with Crippen molar-refractivity contribution < 1.29 is 0 Å². The Morgan fingerprint density at radius 2 is 1.50 bits per heavy atom. The molecule has 7 unspecified atom stereocenters. The van der Waals surface area contributed by atoms with Crippen LogP contribution in [-0.2, 0) is 0 Å². The van der Waals surface area contributed by atoms with Crippen molar-refractivity contribution >= 4 is 11.8 Å². The lowest BCUT2D eigenvalue weighted by Crippen LogP contribution is -2.48. The SMILES string of the molecule is C1=CC(C2CCCC3=C2SC2CCC(C4C=C(N(C5C=C[C@H](C6CC=CC7=C6CCCC7)CC5)[C@@H]5CCC=C6C=CCC[C@@H]65)C=CC4)C=C32)CCC1. The van der Waals surface area contributed by atoms with Crippen molar-refractivity contribution in [3.8, 4) is 0 Å². The molecule has 0 aromatic rings. The second kappa shape index (κ2) is 15.0. The number of thioether (sulfide) groups is 1. The number of nitrogens with zero attached hydrogens (tertiary/aromatic N) is 1. The van der Waals surface area contributed by atoms with E-state index >= 15 is 0 Å². The molecule has 0 fully saturated rings. The number of allylic oxidation sites excluding steroid dienone is 16. The van der Waals surface area contributed by atoms with E-state index in [1.807, 2.05) is 16.1 Å². The van der Waals surface area contributed by atoms with Gasteiger partial charge in [-0.25, -0.2) is 0 Å². The fourth-order valence-electron chi connectivity index (χ4n) is 12.9. The van der Waals surface area contributed by atoms with Crippen LogP contribution in [0.2, 0.25) is 0 Å². The predicted octanol–water partition coefficient (Wildman–Crippen LogP) is 13.4. The lowest BCUT2D eigenvalue weighted by Gasteiger charge is -2.48. The molecule has 52 heavy (non-hydrogen) atoms. The van der Waals surface area contributed by atoms with Crippen LogP contribution in [-0.4, -0.2) is 22.2 Å². The summed E-state index contributed by atoms with van der Waals surface area (Å²) in [6, 6.07) is 1.12. The summed E-state index contributed by atoms with van der Waals surface area (Å²) in [6.07, 6.45) is 60.5. The van der Waals surface area contributed by atoms with E-state index in [9.17, 15) is 0 Å². The molecule has 0 N–H and O–H groups in total. The fourth-order valence-corrected chi connectivity index (χ4v) is 14.6. The smallest absolute Gasteiger partial charge is 0.0476 e. The largest absolute Gasteiger partial charge is 0.362 e. The van der Waals surface area contributed by atoms with E-state index in [-0.39, 0.29) is 0 Å². The standard InChI is InChI=1S/C50H63NS/c1-2-12-36(13-3-1)45-23-11-24-46-47-33-39(28-31-49(47)52-50(45)46)38-18-8-19-41(32-38)51(48-25-10-17-35-15-5-7-21-44(35)48)40-29-26-37(27-30-40)43-22-9-16-34-14-4-6-20-42(34)43/h2,5,8-9,12,15-17,19,26,29,32-33,36-40,43-45,48-49H,1,3-4,6-7,10-11,13-14,18,20-25,27-28,30-31H2/t36?,37-,38?,39?,40?,43?,44-,45?,48+,49?/m0/s1. The molecule has 1 nitrogen and oxygen atoms in total. The van der Waals surface area contributed by atoms with Gasteiger partial charge in [-0.3, -0.25) is 0 Å².